The highest BCUT2D eigenvalue weighted by molar-refractivity contribution is 5.21. The number of unbranched alkanes of at least 4 members (excludes halogenated alkanes) is 1. The zero-order chi connectivity index (χ0) is 12.6. The third kappa shape index (κ3) is 3.82. The lowest BCUT2D eigenvalue weighted by molar-refractivity contribution is 0.277. The molecule has 2 N–H and O–H groups in total. The molecule has 1 aliphatic rings. The minimum atomic E-state index is 0.314. The van der Waals surface area contributed by atoms with E-state index in [-0.39, 0.29) is 0 Å². The second kappa shape index (κ2) is 7.55. The lowest BCUT2D eigenvalue weighted by atomic mass is 9.80. The number of aliphatic hydroxyl groups is 1. The first-order valence-electron chi connectivity index (χ1n) is 7.31. The molecule has 1 aromatic carbocycles. The predicted molar refractivity (Wildman–Crippen MR) is 75.8 cm³/mol. The maximum Gasteiger partial charge on any atom is 0.0431 e. The standard InChI is InChI=1S/C16H25NO/c18-13-7-6-12-17-16-11-5-4-10-15(16)14-8-2-1-3-9-14/h1-3,8-9,15-18H,4-7,10-13H2. The molecule has 0 bridgehead atoms. The molecule has 2 unspecified atom stereocenters. The molecule has 2 rings (SSSR count). The highest BCUT2D eigenvalue weighted by atomic mass is 16.2. The molecule has 2 atom stereocenters. The first-order chi connectivity index (χ1) is 8.92. The van der Waals surface area contributed by atoms with Gasteiger partial charge in [0, 0.05) is 12.6 Å². The van der Waals surface area contributed by atoms with Crippen LogP contribution in [0.3, 0.4) is 0 Å². The van der Waals surface area contributed by atoms with Gasteiger partial charge in [0.2, 0.25) is 0 Å². The Morgan fingerprint density at radius 2 is 1.83 bits per heavy atom. The van der Waals surface area contributed by atoms with E-state index in [9.17, 15) is 0 Å². The summed E-state index contributed by atoms with van der Waals surface area (Å²) in [5, 5.41) is 12.5. The van der Waals surface area contributed by atoms with Crippen molar-refractivity contribution in [3.8, 4) is 0 Å². The highest BCUT2D eigenvalue weighted by Gasteiger charge is 2.25. The molecule has 1 aromatic rings. The summed E-state index contributed by atoms with van der Waals surface area (Å²) in [6, 6.07) is 11.5. The number of aliphatic hydroxyl groups excluding tert-OH is 1. The lowest BCUT2D eigenvalue weighted by Crippen LogP contribution is -2.37. The summed E-state index contributed by atoms with van der Waals surface area (Å²) < 4.78 is 0. The molecule has 0 heterocycles. The second-order valence-corrected chi connectivity index (χ2v) is 5.29. The van der Waals surface area contributed by atoms with Gasteiger partial charge in [-0.05, 0) is 43.7 Å². The molecule has 1 saturated carbocycles. The number of hydrogen-bond donors (Lipinski definition) is 2. The molecule has 2 heteroatoms. The molecule has 100 valence electrons. The molecule has 0 aromatic heterocycles. The normalized spacial score (nSPS) is 24.1. The SMILES string of the molecule is OCCCCNC1CCCCC1c1ccccc1. The molecular formula is C16H25NO. The molecule has 0 radical (unpaired) electrons. The smallest absolute Gasteiger partial charge is 0.0431 e. The Morgan fingerprint density at radius 1 is 1.06 bits per heavy atom. The monoisotopic (exact) mass is 247 g/mol. The predicted octanol–water partition coefficient (Wildman–Crippen LogP) is 3.07. The average Bonchev–Trinajstić information content (AvgIpc) is 2.45. The summed E-state index contributed by atoms with van der Waals surface area (Å²) in [6.45, 7) is 1.35. The minimum absolute atomic E-state index is 0.314. The van der Waals surface area contributed by atoms with Crippen LogP contribution in [0.2, 0.25) is 0 Å². The van der Waals surface area contributed by atoms with Crippen molar-refractivity contribution in [1.29, 1.82) is 0 Å². The molecule has 1 aliphatic carbocycles. The van der Waals surface area contributed by atoms with Crippen molar-refractivity contribution in [2.75, 3.05) is 13.2 Å². The summed E-state index contributed by atoms with van der Waals surface area (Å²) >= 11 is 0. The topological polar surface area (TPSA) is 32.3 Å². The van der Waals surface area contributed by atoms with Crippen molar-refractivity contribution in [1.82, 2.24) is 5.32 Å². The van der Waals surface area contributed by atoms with E-state index in [4.69, 9.17) is 5.11 Å². The Kier molecular flexibility index (Phi) is 5.69. The maximum absolute atomic E-state index is 8.81. The average molecular weight is 247 g/mol. The van der Waals surface area contributed by atoms with E-state index in [1.807, 2.05) is 0 Å². The summed E-state index contributed by atoms with van der Waals surface area (Å²) in [5.74, 6) is 0.675. The molecule has 0 aliphatic heterocycles. The van der Waals surface area contributed by atoms with Crippen molar-refractivity contribution in [2.45, 2.75) is 50.5 Å². The van der Waals surface area contributed by atoms with Crippen molar-refractivity contribution in [2.24, 2.45) is 0 Å². The van der Waals surface area contributed by atoms with E-state index >= 15 is 0 Å². The summed E-state index contributed by atoms with van der Waals surface area (Å²) in [7, 11) is 0. The van der Waals surface area contributed by atoms with Crippen molar-refractivity contribution in [3.05, 3.63) is 35.9 Å². The Bertz CT molecular complexity index is 325. The van der Waals surface area contributed by atoms with Gasteiger partial charge in [-0.15, -0.1) is 0 Å². The Balaban J connectivity index is 1.90. The summed E-state index contributed by atoms with van der Waals surface area (Å²) in [5.41, 5.74) is 1.48. The van der Waals surface area contributed by atoms with E-state index in [1.165, 1.54) is 31.2 Å². The minimum Gasteiger partial charge on any atom is -0.396 e. The fourth-order valence-electron chi connectivity index (χ4n) is 3.00. The number of nitrogens with one attached hydrogen (secondary N) is 1. The van der Waals surface area contributed by atoms with Gasteiger partial charge in [0.25, 0.3) is 0 Å². The number of benzene rings is 1. The van der Waals surface area contributed by atoms with Crippen LogP contribution < -0.4 is 5.32 Å². The van der Waals surface area contributed by atoms with Crippen LogP contribution in [-0.2, 0) is 0 Å². The van der Waals surface area contributed by atoms with Crippen LogP contribution in [0, 0.1) is 0 Å². The van der Waals surface area contributed by atoms with Crippen LogP contribution >= 0.6 is 0 Å². The third-order valence-electron chi connectivity index (χ3n) is 3.99. The highest BCUT2D eigenvalue weighted by Crippen LogP contribution is 2.32. The van der Waals surface area contributed by atoms with Crippen LogP contribution in [0.25, 0.3) is 0 Å². The zero-order valence-corrected chi connectivity index (χ0v) is 11.1. The van der Waals surface area contributed by atoms with Crippen molar-refractivity contribution >= 4 is 0 Å². The van der Waals surface area contributed by atoms with Crippen LogP contribution in [0.4, 0.5) is 0 Å². The van der Waals surface area contributed by atoms with Gasteiger partial charge in [-0.1, -0.05) is 43.2 Å². The molecule has 0 spiro atoms. The zero-order valence-electron chi connectivity index (χ0n) is 11.1. The van der Waals surface area contributed by atoms with Gasteiger partial charge in [-0.3, -0.25) is 0 Å². The quantitative estimate of drug-likeness (QED) is 0.757. The van der Waals surface area contributed by atoms with E-state index in [1.54, 1.807) is 0 Å². The first-order valence-corrected chi connectivity index (χ1v) is 7.31. The third-order valence-corrected chi connectivity index (χ3v) is 3.99. The lowest BCUT2D eigenvalue weighted by Gasteiger charge is -2.33. The summed E-state index contributed by atoms with van der Waals surface area (Å²) in [6.07, 6.45) is 7.29. The molecule has 18 heavy (non-hydrogen) atoms. The molecular weight excluding hydrogens is 222 g/mol. The summed E-state index contributed by atoms with van der Waals surface area (Å²) in [4.78, 5) is 0. The van der Waals surface area contributed by atoms with E-state index in [0.29, 0.717) is 18.6 Å². The van der Waals surface area contributed by atoms with E-state index in [0.717, 1.165) is 19.4 Å². The molecule has 0 amide bonds. The number of hydrogen-bond acceptors (Lipinski definition) is 2. The Hall–Kier alpha value is -0.860. The molecule has 1 fully saturated rings. The largest absolute Gasteiger partial charge is 0.396 e. The van der Waals surface area contributed by atoms with Crippen molar-refractivity contribution in [3.63, 3.8) is 0 Å². The molecule has 0 saturated heterocycles. The fraction of sp³-hybridized carbons (Fsp3) is 0.625. The van der Waals surface area contributed by atoms with Crippen LogP contribution in [-0.4, -0.2) is 24.3 Å². The maximum atomic E-state index is 8.81. The van der Waals surface area contributed by atoms with Crippen LogP contribution in [0.15, 0.2) is 30.3 Å². The second-order valence-electron chi connectivity index (χ2n) is 5.29. The van der Waals surface area contributed by atoms with Crippen LogP contribution in [0.1, 0.15) is 50.0 Å². The van der Waals surface area contributed by atoms with Crippen LogP contribution in [0.5, 0.6) is 0 Å². The van der Waals surface area contributed by atoms with E-state index in [2.05, 4.69) is 35.6 Å². The van der Waals surface area contributed by atoms with Gasteiger partial charge >= 0.3 is 0 Å². The van der Waals surface area contributed by atoms with Gasteiger partial charge in [0.15, 0.2) is 0 Å². The van der Waals surface area contributed by atoms with E-state index < -0.39 is 0 Å². The first kappa shape index (κ1) is 13.6. The van der Waals surface area contributed by atoms with Gasteiger partial charge in [-0.2, -0.15) is 0 Å². The Labute approximate surface area is 110 Å². The fourth-order valence-corrected chi connectivity index (χ4v) is 3.00. The van der Waals surface area contributed by atoms with Gasteiger partial charge in [-0.25, -0.2) is 0 Å². The molecule has 2 nitrogen and oxygen atoms in total. The Morgan fingerprint density at radius 3 is 2.61 bits per heavy atom. The number of rotatable bonds is 6. The van der Waals surface area contributed by atoms with Gasteiger partial charge in [0.1, 0.15) is 0 Å². The van der Waals surface area contributed by atoms with Gasteiger partial charge in [0.05, 0.1) is 0 Å². The van der Waals surface area contributed by atoms with Crippen molar-refractivity contribution < 1.29 is 5.11 Å². The van der Waals surface area contributed by atoms with Gasteiger partial charge < -0.3 is 10.4 Å².